The minimum Gasteiger partial charge on any atom is -0.368 e. The zero-order valence-corrected chi connectivity index (χ0v) is 17.7. The Hall–Kier alpha value is -0.980. The maximum atomic E-state index is 2.71. The number of rotatable bonds is 2. The van der Waals surface area contributed by atoms with E-state index in [2.05, 4.69) is 80.2 Å². The van der Waals surface area contributed by atoms with Crippen molar-refractivity contribution in [3.8, 4) is 0 Å². The number of nitrogens with zero attached hydrogens (tertiary/aromatic N) is 1. The van der Waals surface area contributed by atoms with Gasteiger partial charge in [-0.1, -0.05) is 47.6 Å². The molecule has 1 aromatic rings. The third-order valence-electron chi connectivity index (χ3n) is 6.88. The topological polar surface area (TPSA) is 3.24 Å². The first-order valence-corrected chi connectivity index (χ1v) is 9.98. The highest BCUT2D eigenvalue weighted by atomic mass is 15.2. The van der Waals surface area contributed by atoms with Gasteiger partial charge in [0.2, 0.25) is 0 Å². The van der Waals surface area contributed by atoms with Gasteiger partial charge in [0.05, 0.1) is 0 Å². The number of hydrogen-bond donors (Lipinski definition) is 0. The fraction of sp³-hybridized carbons (Fsp3) is 0.739. The van der Waals surface area contributed by atoms with Crippen LogP contribution in [0, 0.1) is 31.6 Å². The van der Waals surface area contributed by atoms with E-state index in [1.165, 1.54) is 17.7 Å². The van der Waals surface area contributed by atoms with Gasteiger partial charge in [-0.2, -0.15) is 0 Å². The molecule has 1 heteroatoms. The first-order valence-electron chi connectivity index (χ1n) is 9.98. The molecule has 0 spiro atoms. The molecule has 0 aliphatic carbocycles. The molecule has 1 heterocycles. The fourth-order valence-electron chi connectivity index (χ4n) is 4.55. The van der Waals surface area contributed by atoms with E-state index < -0.39 is 0 Å². The molecule has 0 unspecified atom stereocenters. The Morgan fingerprint density at radius 1 is 0.958 bits per heavy atom. The third kappa shape index (κ3) is 3.24. The van der Waals surface area contributed by atoms with Crippen LogP contribution in [0.15, 0.2) is 6.07 Å². The summed E-state index contributed by atoms with van der Waals surface area (Å²) in [5.41, 5.74) is 7.70. The van der Waals surface area contributed by atoms with E-state index in [1.54, 1.807) is 16.8 Å². The Morgan fingerprint density at radius 2 is 1.54 bits per heavy atom. The van der Waals surface area contributed by atoms with Crippen molar-refractivity contribution in [1.29, 1.82) is 0 Å². The second-order valence-corrected chi connectivity index (χ2v) is 9.05. The zero-order valence-electron chi connectivity index (χ0n) is 17.7. The van der Waals surface area contributed by atoms with E-state index in [1.807, 2.05) is 0 Å². The average molecular weight is 330 g/mol. The second kappa shape index (κ2) is 7.10. The molecule has 24 heavy (non-hydrogen) atoms. The van der Waals surface area contributed by atoms with Crippen molar-refractivity contribution in [3.63, 3.8) is 0 Å². The molecule has 0 bridgehead atoms. The normalized spacial score (nSPS) is 28.1. The predicted molar refractivity (Wildman–Crippen MR) is 108 cm³/mol. The number of anilines is 1. The van der Waals surface area contributed by atoms with Crippen LogP contribution < -0.4 is 4.90 Å². The molecule has 0 aromatic heterocycles. The van der Waals surface area contributed by atoms with Crippen molar-refractivity contribution < 1.29 is 0 Å². The van der Waals surface area contributed by atoms with E-state index in [0.29, 0.717) is 23.8 Å². The van der Waals surface area contributed by atoms with Crippen LogP contribution in [-0.4, -0.2) is 12.6 Å². The maximum absolute atomic E-state index is 2.71. The van der Waals surface area contributed by atoms with Gasteiger partial charge in [0.1, 0.15) is 0 Å². The van der Waals surface area contributed by atoms with Gasteiger partial charge in [-0.15, -0.1) is 0 Å². The van der Waals surface area contributed by atoms with Crippen molar-refractivity contribution in [2.24, 2.45) is 17.8 Å². The molecule has 0 amide bonds. The molecular weight excluding hydrogens is 290 g/mol. The van der Waals surface area contributed by atoms with Gasteiger partial charge in [0, 0.05) is 18.3 Å². The van der Waals surface area contributed by atoms with E-state index in [4.69, 9.17) is 0 Å². The number of aryl methyl sites for hydroxylation is 1. The molecule has 0 saturated heterocycles. The van der Waals surface area contributed by atoms with Gasteiger partial charge >= 0.3 is 0 Å². The quantitative estimate of drug-likeness (QED) is 0.586. The SMILES string of the molecule is Cc1cc(C(C)C)c2c(c1C)[C@H](C)[C@H](C)[C@H](C)[C@H](C)CN2C(C)C. The average Bonchev–Trinajstić information content (AvgIpc) is 2.51. The van der Waals surface area contributed by atoms with Gasteiger partial charge < -0.3 is 4.90 Å². The number of benzene rings is 1. The first-order chi connectivity index (χ1) is 11.1. The van der Waals surface area contributed by atoms with Crippen LogP contribution in [0.5, 0.6) is 0 Å². The summed E-state index contributed by atoms with van der Waals surface area (Å²) in [5.74, 6) is 3.36. The van der Waals surface area contributed by atoms with Crippen LogP contribution in [-0.2, 0) is 0 Å². The molecule has 0 N–H and O–H groups in total. The highest BCUT2D eigenvalue weighted by Gasteiger charge is 2.35. The molecular formula is C23H39N. The van der Waals surface area contributed by atoms with Crippen LogP contribution >= 0.6 is 0 Å². The number of fused-ring (bicyclic) bond motifs is 1. The Kier molecular flexibility index (Phi) is 5.72. The van der Waals surface area contributed by atoms with Crippen molar-refractivity contribution in [3.05, 3.63) is 28.3 Å². The summed E-state index contributed by atoms with van der Waals surface area (Å²) in [6.45, 7) is 25.1. The Balaban J connectivity index is 2.83. The smallest absolute Gasteiger partial charge is 0.0442 e. The molecule has 2 rings (SSSR count). The van der Waals surface area contributed by atoms with Crippen LogP contribution in [0.4, 0.5) is 5.69 Å². The molecule has 1 aromatic carbocycles. The predicted octanol–water partition coefficient (Wildman–Crippen LogP) is 6.67. The van der Waals surface area contributed by atoms with Crippen LogP contribution in [0.3, 0.4) is 0 Å². The van der Waals surface area contributed by atoms with E-state index in [-0.39, 0.29) is 0 Å². The molecule has 1 nitrogen and oxygen atoms in total. The van der Waals surface area contributed by atoms with Crippen LogP contribution in [0.1, 0.15) is 89.5 Å². The van der Waals surface area contributed by atoms with Gasteiger partial charge in [0.25, 0.3) is 0 Å². The van der Waals surface area contributed by atoms with Gasteiger partial charge in [-0.05, 0) is 79.5 Å². The summed E-state index contributed by atoms with van der Waals surface area (Å²) in [6, 6.07) is 3.00. The second-order valence-electron chi connectivity index (χ2n) is 9.05. The monoisotopic (exact) mass is 329 g/mol. The summed E-state index contributed by atoms with van der Waals surface area (Å²) in [4.78, 5) is 2.71. The first kappa shape index (κ1) is 19.3. The van der Waals surface area contributed by atoms with E-state index in [0.717, 1.165) is 11.8 Å². The minimum atomic E-state index is 0.540. The molecule has 0 saturated carbocycles. The fourth-order valence-corrected chi connectivity index (χ4v) is 4.55. The van der Waals surface area contributed by atoms with E-state index >= 15 is 0 Å². The standard InChI is InChI=1S/C23H39N/c1-13(2)21-11-15(5)18(8)22-20(10)19(9)17(7)16(6)12-24(14(3)4)23(21)22/h11,13-14,16-17,19-20H,12H2,1-10H3/t16-,17-,19-,20-/m1/s1. The Bertz CT molecular complexity index is 584. The highest BCUT2D eigenvalue weighted by molar-refractivity contribution is 5.67. The van der Waals surface area contributed by atoms with E-state index in [9.17, 15) is 0 Å². The summed E-state index contributed by atoms with van der Waals surface area (Å²) in [6.07, 6.45) is 0. The highest BCUT2D eigenvalue weighted by Crippen LogP contribution is 2.46. The Morgan fingerprint density at radius 3 is 2.04 bits per heavy atom. The molecule has 0 radical (unpaired) electrons. The largest absolute Gasteiger partial charge is 0.368 e. The molecule has 4 atom stereocenters. The summed E-state index contributed by atoms with van der Waals surface area (Å²) in [5, 5.41) is 0. The van der Waals surface area contributed by atoms with Crippen molar-refractivity contribution in [1.82, 2.24) is 0 Å². The maximum Gasteiger partial charge on any atom is 0.0442 e. The molecule has 136 valence electrons. The van der Waals surface area contributed by atoms with Crippen molar-refractivity contribution >= 4 is 5.69 Å². The lowest BCUT2D eigenvalue weighted by Gasteiger charge is -2.44. The summed E-state index contributed by atoms with van der Waals surface area (Å²) >= 11 is 0. The van der Waals surface area contributed by atoms with Crippen molar-refractivity contribution in [2.75, 3.05) is 11.4 Å². The lowest BCUT2D eigenvalue weighted by atomic mass is 9.71. The molecule has 1 aliphatic heterocycles. The van der Waals surface area contributed by atoms with Crippen LogP contribution in [0.2, 0.25) is 0 Å². The van der Waals surface area contributed by atoms with Crippen molar-refractivity contribution in [2.45, 2.75) is 87.1 Å². The van der Waals surface area contributed by atoms with Gasteiger partial charge in [-0.3, -0.25) is 0 Å². The summed E-state index contributed by atoms with van der Waals surface area (Å²) in [7, 11) is 0. The van der Waals surface area contributed by atoms with Gasteiger partial charge in [-0.25, -0.2) is 0 Å². The van der Waals surface area contributed by atoms with Gasteiger partial charge in [0.15, 0.2) is 0 Å². The molecule has 1 aliphatic rings. The Labute approximate surface area is 150 Å². The van der Waals surface area contributed by atoms with Crippen LogP contribution in [0.25, 0.3) is 0 Å². The molecule has 0 fully saturated rings. The lowest BCUT2D eigenvalue weighted by molar-refractivity contribution is 0.242. The third-order valence-corrected chi connectivity index (χ3v) is 6.88. The summed E-state index contributed by atoms with van der Waals surface area (Å²) < 4.78 is 0. The minimum absolute atomic E-state index is 0.540. The zero-order chi connectivity index (χ0) is 18.3. The number of hydrogen-bond acceptors (Lipinski definition) is 1. The lowest BCUT2D eigenvalue weighted by Crippen LogP contribution is -2.41.